The number of esters is 1. The average Bonchev–Trinajstić information content (AvgIpc) is 3.61. The number of ether oxygens (including phenoxy) is 1. The number of imide groups is 1. The number of nitrogens with zero attached hydrogens (tertiary/aromatic N) is 1. The molecule has 0 unspecified atom stereocenters. The van der Waals surface area contributed by atoms with Crippen molar-refractivity contribution < 1.29 is 23.9 Å². The standard InChI is InChI=1S/C27H23NO5/c1-14-5-7-15(8-6-14)22(29)13-33-27(32)16-3-2-4-17(11-16)28-25(30)23-18-9-10-19(21-12-20(18)21)24(23)26(28)31/h2-11,18-21,23-24H,12-13H2,1H3/t18-,19-,20-,21+,23-,24+/m0/s1. The molecule has 1 aliphatic heterocycles. The molecule has 4 aliphatic carbocycles. The van der Waals surface area contributed by atoms with Gasteiger partial charge in [0.15, 0.2) is 12.4 Å². The van der Waals surface area contributed by atoms with Crippen LogP contribution in [0.4, 0.5) is 5.69 Å². The molecule has 33 heavy (non-hydrogen) atoms. The van der Waals surface area contributed by atoms with E-state index in [1.807, 2.05) is 19.1 Å². The van der Waals surface area contributed by atoms with Gasteiger partial charge in [-0.3, -0.25) is 14.4 Å². The number of hydrogen-bond acceptors (Lipinski definition) is 5. The van der Waals surface area contributed by atoms with Crippen LogP contribution in [0, 0.1) is 42.4 Å². The second kappa shape index (κ2) is 7.24. The van der Waals surface area contributed by atoms with Crippen LogP contribution < -0.4 is 4.90 Å². The first-order chi connectivity index (χ1) is 15.9. The molecule has 0 radical (unpaired) electrons. The molecule has 6 nitrogen and oxygen atoms in total. The van der Waals surface area contributed by atoms with E-state index in [2.05, 4.69) is 12.2 Å². The van der Waals surface area contributed by atoms with Crippen LogP contribution in [-0.4, -0.2) is 30.2 Å². The lowest BCUT2D eigenvalue weighted by Gasteiger charge is -2.37. The number of Topliss-reactive ketones (excluding diaryl/α,β-unsaturated/α-hetero) is 1. The first-order valence-corrected chi connectivity index (χ1v) is 11.4. The number of hydrogen-bond donors (Lipinski definition) is 0. The molecule has 0 spiro atoms. The zero-order valence-electron chi connectivity index (χ0n) is 18.1. The summed E-state index contributed by atoms with van der Waals surface area (Å²) >= 11 is 0. The summed E-state index contributed by atoms with van der Waals surface area (Å²) in [5.41, 5.74) is 2.08. The van der Waals surface area contributed by atoms with E-state index in [0.717, 1.165) is 12.0 Å². The SMILES string of the molecule is Cc1ccc(C(=O)COC(=O)c2cccc(N3C(=O)[C@@H]4[C@H]5C=C[C@@H]([C@@H]6C[C@H]56)[C@@H]4C3=O)c2)cc1. The van der Waals surface area contributed by atoms with Crippen LogP contribution in [-0.2, 0) is 14.3 Å². The second-order valence-corrected chi connectivity index (χ2v) is 9.58. The van der Waals surface area contributed by atoms with Gasteiger partial charge >= 0.3 is 5.97 Å². The van der Waals surface area contributed by atoms with E-state index < -0.39 is 5.97 Å². The smallest absolute Gasteiger partial charge is 0.338 e. The summed E-state index contributed by atoms with van der Waals surface area (Å²) < 4.78 is 5.22. The molecule has 2 saturated carbocycles. The van der Waals surface area contributed by atoms with Crippen molar-refractivity contribution in [3.63, 3.8) is 0 Å². The van der Waals surface area contributed by atoms with Crippen molar-refractivity contribution in [2.24, 2.45) is 35.5 Å². The summed E-state index contributed by atoms with van der Waals surface area (Å²) in [6.07, 6.45) is 5.37. The van der Waals surface area contributed by atoms with E-state index in [9.17, 15) is 19.2 Å². The molecular weight excluding hydrogens is 418 g/mol. The molecule has 7 rings (SSSR count). The zero-order valence-corrected chi connectivity index (χ0v) is 18.1. The molecule has 2 bridgehead atoms. The highest BCUT2D eigenvalue weighted by molar-refractivity contribution is 6.23. The molecule has 6 atom stereocenters. The first kappa shape index (κ1) is 20.1. The number of carbonyl (C=O) groups excluding carboxylic acids is 4. The summed E-state index contributed by atoms with van der Waals surface area (Å²) in [5, 5.41) is 0. The summed E-state index contributed by atoms with van der Waals surface area (Å²) in [5.74, 6) is -0.537. The van der Waals surface area contributed by atoms with Crippen LogP contribution >= 0.6 is 0 Å². The maximum atomic E-state index is 13.3. The lowest BCUT2D eigenvalue weighted by atomic mass is 9.63. The maximum absolute atomic E-state index is 13.3. The number of rotatable bonds is 5. The Balaban J connectivity index is 1.18. The van der Waals surface area contributed by atoms with Gasteiger partial charge in [0.1, 0.15) is 0 Å². The second-order valence-electron chi connectivity index (χ2n) is 9.58. The maximum Gasteiger partial charge on any atom is 0.338 e. The Bertz CT molecular complexity index is 1190. The van der Waals surface area contributed by atoms with Crippen molar-refractivity contribution in [3.05, 3.63) is 77.4 Å². The van der Waals surface area contributed by atoms with Gasteiger partial charge in [-0.25, -0.2) is 9.69 Å². The van der Waals surface area contributed by atoms with Crippen molar-refractivity contribution in [1.82, 2.24) is 0 Å². The number of anilines is 1. The molecule has 2 aromatic rings. The molecule has 166 valence electrons. The number of carbonyl (C=O) groups is 4. The molecule has 0 N–H and O–H groups in total. The lowest BCUT2D eigenvalue weighted by Crippen LogP contribution is -2.40. The van der Waals surface area contributed by atoms with Crippen molar-refractivity contribution in [2.75, 3.05) is 11.5 Å². The average molecular weight is 441 g/mol. The molecule has 6 heteroatoms. The third-order valence-corrected chi connectivity index (χ3v) is 7.71. The quantitative estimate of drug-likeness (QED) is 0.307. The molecule has 2 aromatic carbocycles. The highest BCUT2D eigenvalue weighted by Crippen LogP contribution is 2.65. The Kier molecular flexibility index (Phi) is 4.41. The number of ketones is 1. The van der Waals surface area contributed by atoms with Gasteiger partial charge in [0, 0.05) is 5.56 Å². The first-order valence-electron chi connectivity index (χ1n) is 11.4. The Morgan fingerprint density at radius 3 is 2.18 bits per heavy atom. The van der Waals surface area contributed by atoms with Crippen LogP contribution in [0.25, 0.3) is 0 Å². The van der Waals surface area contributed by atoms with Gasteiger partial charge in [-0.05, 0) is 55.2 Å². The van der Waals surface area contributed by atoms with Crippen LogP contribution in [0.3, 0.4) is 0 Å². The van der Waals surface area contributed by atoms with Crippen molar-refractivity contribution >= 4 is 29.3 Å². The van der Waals surface area contributed by atoms with Gasteiger partial charge in [0.25, 0.3) is 0 Å². The van der Waals surface area contributed by atoms with Crippen LogP contribution in [0.1, 0.15) is 32.7 Å². The van der Waals surface area contributed by atoms with Crippen molar-refractivity contribution in [3.8, 4) is 0 Å². The largest absolute Gasteiger partial charge is 0.454 e. The van der Waals surface area contributed by atoms with Crippen LogP contribution in [0.5, 0.6) is 0 Å². The van der Waals surface area contributed by atoms with E-state index in [4.69, 9.17) is 4.74 Å². The Labute approximate surface area is 191 Å². The molecule has 5 aliphatic rings. The number of allylic oxidation sites excluding steroid dienone is 2. The van der Waals surface area contributed by atoms with E-state index in [0.29, 0.717) is 23.1 Å². The fourth-order valence-electron chi connectivity index (χ4n) is 6.02. The third-order valence-electron chi connectivity index (χ3n) is 7.71. The van der Waals surface area contributed by atoms with E-state index >= 15 is 0 Å². The minimum Gasteiger partial charge on any atom is -0.454 e. The van der Waals surface area contributed by atoms with Gasteiger partial charge in [-0.1, -0.05) is 48.0 Å². The Morgan fingerprint density at radius 2 is 1.55 bits per heavy atom. The van der Waals surface area contributed by atoms with Crippen molar-refractivity contribution in [2.45, 2.75) is 13.3 Å². The molecule has 2 amide bonds. The molecule has 3 fully saturated rings. The van der Waals surface area contributed by atoms with Gasteiger partial charge < -0.3 is 4.74 Å². The molecule has 1 saturated heterocycles. The predicted octanol–water partition coefficient (Wildman–Crippen LogP) is 3.59. The third kappa shape index (κ3) is 3.08. The number of amides is 2. The van der Waals surface area contributed by atoms with Gasteiger partial charge in [0.2, 0.25) is 11.8 Å². The summed E-state index contributed by atoms with van der Waals surface area (Å²) in [7, 11) is 0. The molecular formula is C27H23NO5. The molecule has 0 aromatic heterocycles. The Hall–Kier alpha value is -3.54. The van der Waals surface area contributed by atoms with Crippen LogP contribution in [0.2, 0.25) is 0 Å². The summed E-state index contributed by atoms with van der Waals surface area (Å²) in [4.78, 5) is 52.8. The van der Waals surface area contributed by atoms with Gasteiger partial charge in [-0.15, -0.1) is 0 Å². The lowest BCUT2D eigenvalue weighted by molar-refractivity contribution is -0.124. The minimum absolute atomic E-state index is 0.146. The normalized spacial score (nSPS) is 30.8. The Morgan fingerprint density at radius 1 is 0.909 bits per heavy atom. The highest BCUT2D eigenvalue weighted by atomic mass is 16.5. The van der Waals surface area contributed by atoms with E-state index in [-0.39, 0.29) is 53.4 Å². The minimum atomic E-state index is -0.670. The van der Waals surface area contributed by atoms with E-state index in [1.165, 1.54) is 11.0 Å². The fraction of sp³-hybridized carbons (Fsp3) is 0.333. The predicted molar refractivity (Wildman–Crippen MR) is 119 cm³/mol. The molecule has 1 heterocycles. The summed E-state index contributed by atoms with van der Waals surface area (Å²) in [6, 6.07) is 13.4. The topological polar surface area (TPSA) is 80.8 Å². The summed E-state index contributed by atoms with van der Waals surface area (Å²) in [6.45, 7) is 1.55. The zero-order chi connectivity index (χ0) is 22.9. The van der Waals surface area contributed by atoms with Crippen molar-refractivity contribution in [1.29, 1.82) is 0 Å². The monoisotopic (exact) mass is 441 g/mol. The van der Waals surface area contributed by atoms with Crippen LogP contribution in [0.15, 0.2) is 60.7 Å². The van der Waals surface area contributed by atoms with Gasteiger partial charge in [-0.2, -0.15) is 0 Å². The fourth-order valence-corrected chi connectivity index (χ4v) is 6.02. The number of benzene rings is 2. The van der Waals surface area contributed by atoms with E-state index in [1.54, 1.807) is 30.3 Å². The van der Waals surface area contributed by atoms with Gasteiger partial charge in [0.05, 0.1) is 23.1 Å². The number of aryl methyl sites for hydroxylation is 1. The highest BCUT2D eigenvalue weighted by Gasteiger charge is 2.67.